The van der Waals surface area contributed by atoms with Crippen molar-refractivity contribution in [2.24, 2.45) is 4.99 Å². The molecule has 0 saturated carbocycles. The fourth-order valence-corrected chi connectivity index (χ4v) is 3.67. The number of ether oxygens (including phenoxy) is 1. The van der Waals surface area contributed by atoms with Crippen LogP contribution in [0.4, 0.5) is 11.4 Å². The van der Waals surface area contributed by atoms with E-state index < -0.39 is 4.92 Å². The van der Waals surface area contributed by atoms with Crippen LogP contribution in [-0.4, -0.2) is 23.1 Å². The number of hydrogen-bond donors (Lipinski definition) is 1. The first kappa shape index (κ1) is 19.5. The molecule has 0 radical (unpaired) electrons. The van der Waals surface area contributed by atoms with Crippen LogP contribution in [0, 0.1) is 10.1 Å². The minimum atomic E-state index is -0.461. The molecule has 150 valence electrons. The number of nitro benzene ring substituents is 1. The third-order valence-electron chi connectivity index (χ3n) is 4.22. The summed E-state index contributed by atoms with van der Waals surface area (Å²) in [6.07, 6.45) is 1.57. The molecule has 2 aromatic carbocycles. The molecule has 9 heteroatoms. The van der Waals surface area contributed by atoms with Crippen molar-refractivity contribution in [2.75, 3.05) is 7.11 Å². The maximum atomic E-state index is 12.3. The van der Waals surface area contributed by atoms with E-state index in [-0.39, 0.29) is 11.6 Å². The first-order chi connectivity index (χ1) is 14.5. The van der Waals surface area contributed by atoms with Crippen LogP contribution < -0.4 is 10.1 Å². The van der Waals surface area contributed by atoms with Crippen molar-refractivity contribution in [3.63, 3.8) is 0 Å². The molecule has 1 N–H and O–H groups in total. The van der Waals surface area contributed by atoms with Gasteiger partial charge in [-0.25, -0.2) is 4.99 Å². The Bertz CT molecular complexity index is 1200. The van der Waals surface area contributed by atoms with Crippen molar-refractivity contribution >= 4 is 40.3 Å². The number of carbonyl (C=O) groups is 1. The molecule has 30 heavy (non-hydrogen) atoms. The van der Waals surface area contributed by atoms with Gasteiger partial charge in [-0.1, -0.05) is 24.3 Å². The quantitative estimate of drug-likeness (QED) is 0.362. The Balaban J connectivity index is 1.59. The lowest BCUT2D eigenvalue weighted by Gasteiger charge is -2.03. The fraction of sp³-hybridized carbons (Fsp3) is 0.0476. The molecule has 1 amide bonds. The molecule has 1 aliphatic rings. The van der Waals surface area contributed by atoms with E-state index >= 15 is 0 Å². The first-order valence-electron chi connectivity index (χ1n) is 8.81. The molecule has 0 aliphatic carbocycles. The summed E-state index contributed by atoms with van der Waals surface area (Å²) < 4.78 is 11.0. The number of amidine groups is 1. The van der Waals surface area contributed by atoms with Gasteiger partial charge >= 0.3 is 0 Å². The van der Waals surface area contributed by atoms with Crippen molar-refractivity contribution in [1.82, 2.24) is 5.32 Å². The van der Waals surface area contributed by atoms with Crippen LogP contribution in [-0.2, 0) is 4.79 Å². The number of furan rings is 1. The van der Waals surface area contributed by atoms with E-state index in [1.165, 1.54) is 17.8 Å². The van der Waals surface area contributed by atoms with Gasteiger partial charge in [0, 0.05) is 12.1 Å². The highest BCUT2D eigenvalue weighted by atomic mass is 32.2. The van der Waals surface area contributed by atoms with Crippen LogP contribution in [0.1, 0.15) is 5.76 Å². The zero-order chi connectivity index (χ0) is 21.1. The van der Waals surface area contributed by atoms with Crippen molar-refractivity contribution in [2.45, 2.75) is 0 Å². The lowest BCUT2D eigenvalue weighted by Crippen LogP contribution is -2.19. The van der Waals surface area contributed by atoms with Gasteiger partial charge in [-0.05, 0) is 42.1 Å². The summed E-state index contributed by atoms with van der Waals surface area (Å²) in [6.45, 7) is 0. The van der Waals surface area contributed by atoms with E-state index in [0.717, 1.165) is 0 Å². The number of benzene rings is 2. The highest BCUT2D eigenvalue weighted by Gasteiger charge is 2.25. The number of thioether (sulfide) groups is 1. The third-order valence-corrected chi connectivity index (χ3v) is 5.13. The SMILES string of the molecule is COc1ccccc1N=C1NC(=O)C(=Cc2ccc(-c3ccccc3[N+](=O)[O-])o2)S1. The largest absolute Gasteiger partial charge is 0.494 e. The van der Waals surface area contributed by atoms with E-state index in [4.69, 9.17) is 9.15 Å². The minimum absolute atomic E-state index is 0.0507. The predicted molar refractivity (Wildman–Crippen MR) is 115 cm³/mol. The van der Waals surface area contributed by atoms with Gasteiger partial charge in [-0.2, -0.15) is 0 Å². The van der Waals surface area contributed by atoms with E-state index in [1.807, 2.05) is 12.1 Å². The van der Waals surface area contributed by atoms with Crippen LogP contribution in [0.5, 0.6) is 5.75 Å². The monoisotopic (exact) mass is 421 g/mol. The average Bonchev–Trinajstić information content (AvgIpc) is 3.35. The summed E-state index contributed by atoms with van der Waals surface area (Å²) >= 11 is 1.17. The maximum Gasteiger partial charge on any atom is 0.280 e. The highest BCUT2D eigenvalue weighted by molar-refractivity contribution is 8.18. The third kappa shape index (κ3) is 3.96. The Morgan fingerprint density at radius 3 is 2.70 bits per heavy atom. The van der Waals surface area contributed by atoms with Gasteiger partial charge in [0.1, 0.15) is 23.0 Å². The van der Waals surface area contributed by atoms with Crippen LogP contribution >= 0.6 is 11.8 Å². The number of rotatable bonds is 5. The second kappa shape index (κ2) is 8.26. The van der Waals surface area contributed by atoms with Crippen LogP contribution in [0.25, 0.3) is 17.4 Å². The Morgan fingerprint density at radius 1 is 1.13 bits per heavy atom. The van der Waals surface area contributed by atoms with Crippen molar-refractivity contribution in [1.29, 1.82) is 0 Å². The van der Waals surface area contributed by atoms with Gasteiger partial charge in [0.05, 0.1) is 22.5 Å². The summed E-state index contributed by atoms with van der Waals surface area (Å²) in [4.78, 5) is 27.9. The summed E-state index contributed by atoms with van der Waals surface area (Å²) in [7, 11) is 1.55. The van der Waals surface area contributed by atoms with E-state index in [1.54, 1.807) is 55.7 Å². The molecule has 0 unspecified atom stereocenters. The standard InChI is InChI=1S/C21H15N3O5S/c1-28-18-9-5-3-7-15(18)22-21-23-20(25)19(30-21)12-13-10-11-17(29-13)14-6-2-4-8-16(14)24(26)27/h2-12H,1H3,(H,22,23,25). The Kier molecular flexibility index (Phi) is 5.36. The molecule has 0 atom stereocenters. The first-order valence-corrected chi connectivity index (χ1v) is 9.63. The zero-order valence-electron chi connectivity index (χ0n) is 15.7. The number of amides is 1. The second-order valence-corrected chi connectivity index (χ2v) is 7.16. The normalized spacial score (nSPS) is 16.1. The molecule has 1 aliphatic heterocycles. The highest BCUT2D eigenvalue weighted by Crippen LogP contribution is 2.34. The van der Waals surface area contributed by atoms with Crippen molar-refractivity contribution in [3.8, 4) is 17.1 Å². The molecule has 3 aromatic rings. The molecule has 0 bridgehead atoms. The summed E-state index contributed by atoms with van der Waals surface area (Å²) in [5.41, 5.74) is 0.917. The number of nitro groups is 1. The fourth-order valence-electron chi connectivity index (χ4n) is 2.86. The molecule has 8 nitrogen and oxygen atoms in total. The number of aliphatic imine (C=N–C) groups is 1. The van der Waals surface area contributed by atoms with Crippen LogP contribution in [0.15, 0.2) is 75.0 Å². The number of nitrogens with one attached hydrogen (secondary N) is 1. The molecule has 2 heterocycles. The van der Waals surface area contributed by atoms with Gasteiger partial charge in [0.15, 0.2) is 5.17 Å². The van der Waals surface area contributed by atoms with E-state index in [2.05, 4.69) is 10.3 Å². The minimum Gasteiger partial charge on any atom is -0.494 e. The number of para-hydroxylation sites is 3. The smallest absolute Gasteiger partial charge is 0.280 e. The zero-order valence-corrected chi connectivity index (χ0v) is 16.5. The molecule has 1 aromatic heterocycles. The van der Waals surface area contributed by atoms with Gasteiger partial charge in [-0.15, -0.1) is 0 Å². The number of nitrogens with zero attached hydrogens (tertiary/aromatic N) is 2. The molecule has 0 spiro atoms. The summed E-state index contributed by atoms with van der Waals surface area (Å²) in [5.74, 6) is 1.04. The maximum absolute atomic E-state index is 12.3. The molecule has 1 saturated heterocycles. The molecule has 4 rings (SSSR count). The molecular weight excluding hydrogens is 406 g/mol. The van der Waals surface area contributed by atoms with E-state index in [9.17, 15) is 14.9 Å². The van der Waals surface area contributed by atoms with Gasteiger partial charge in [0.2, 0.25) is 0 Å². The summed E-state index contributed by atoms with van der Waals surface area (Å²) in [5, 5.41) is 14.4. The van der Waals surface area contributed by atoms with Gasteiger partial charge in [-0.3, -0.25) is 14.9 Å². The lowest BCUT2D eigenvalue weighted by atomic mass is 10.1. The van der Waals surface area contributed by atoms with Crippen molar-refractivity contribution in [3.05, 3.63) is 81.4 Å². The van der Waals surface area contributed by atoms with Gasteiger partial charge < -0.3 is 14.5 Å². The molecule has 1 fully saturated rings. The predicted octanol–water partition coefficient (Wildman–Crippen LogP) is 4.76. The average molecular weight is 421 g/mol. The number of hydrogen-bond acceptors (Lipinski definition) is 7. The lowest BCUT2D eigenvalue weighted by molar-refractivity contribution is -0.384. The van der Waals surface area contributed by atoms with Crippen molar-refractivity contribution < 1.29 is 18.9 Å². The topological polar surface area (TPSA) is 107 Å². The molecular formula is C21H15N3O5S. The Labute approximate surface area is 175 Å². The Hall–Kier alpha value is -3.85. The van der Waals surface area contributed by atoms with Crippen LogP contribution in [0.3, 0.4) is 0 Å². The number of methoxy groups -OCH3 is 1. The van der Waals surface area contributed by atoms with Crippen LogP contribution in [0.2, 0.25) is 0 Å². The van der Waals surface area contributed by atoms with E-state index in [0.29, 0.717) is 38.6 Å². The second-order valence-electron chi connectivity index (χ2n) is 6.13. The van der Waals surface area contributed by atoms with Gasteiger partial charge in [0.25, 0.3) is 11.6 Å². The Morgan fingerprint density at radius 2 is 1.90 bits per heavy atom. The number of carbonyl (C=O) groups excluding carboxylic acids is 1. The summed E-state index contributed by atoms with van der Waals surface area (Å²) in [6, 6.07) is 16.8.